The summed E-state index contributed by atoms with van der Waals surface area (Å²) in [7, 11) is 0. The van der Waals surface area contributed by atoms with E-state index in [0.717, 1.165) is 4.88 Å². The fourth-order valence-corrected chi connectivity index (χ4v) is 2.34. The largest absolute Gasteiger partial charge is 0.505 e. The molecule has 0 bridgehead atoms. The minimum absolute atomic E-state index is 0.148. The van der Waals surface area contributed by atoms with Crippen molar-refractivity contribution in [3.63, 3.8) is 0 Å². The molecule has 0 aliphatic heterocycles. The van der Waals surface area contributed by atoms with E-state index < -0.39 is 0 Å². The molecule has 6 heteroatoms. The van der Waals surface area contributed by atoms with Gasteiger partial charge in [0.2, 0.25) is 0 Å². The average molecular weight is 287 g/mol. The molecule has 0 fully saturated rings. The topological polar surface area (TPSA) is 58.6 Å². The Kier molecular flexibility index (Phi) is 3.57. The predicted molar refractivity (Wildman–Crippen MR) is 72.8 cm³/mol. The van der Waals surface area contributed by atoms with Crippen LogP contribution in [-0.4, -0.2) is 10.9 Å². The highest BCUT2D eigenvalue weighted by Crippen LogP contribution is 2.35. The second kappa shape index (κ2) is 4.96. The molecule has 0 unspecified atom stereocenters. The third-order valence-corrected chi connectivity index (χ3v) is 3.49. The van der Waals surface area contributed by atoms with Crippen molar-refractivity contribution in [3.05, 3.63) is 44.6 Å². The second-order valence-corrected chi connectivity index (χ2v) is 4.99. The van der Waals surface area contributed by atoms with Crippen LogP contribution in [0.2, 0.25) is 10.0 Å². The minimum atomic E-state index is -0.151. The van der Waals surface area contributed by atoms with Gasteiger partial charge in [0.15, 0.2) is 5.75 Å². The van der Waals surface area contributed by atoms with E-state index in [1.165, 1.54) is 23.5 Å². The van der Waals surface area contributed by atoms with Crippen molar-refractivity contribution >= 4 is 46.1 Å². The van der Waals surface area contributed by atoms with Gasteiger partial charge in [-0.05, 0) is 23.6 Å². The van der Waals surface area contributed by atoms with Gasteiger partial charge in [-0.25, -0.2) is 4.99 Å². The Hall–Kier alpha value is -1.23. The fraction of sp³-hybridized carbons (Fsp3) is 0. The van der Waals surface area contributed by atoms with Gasteiger partial charge in [-0.2, -0.15) is 0 Å². The highest BCUT2D eigenvalue weighted by molar-refractivity contribution is 7.12. The molecule has 0 aliphatic rings. The Labute approximate surface area is 112 Å². The number of hydrogen-bond donors (Lipinski definition) is 2. The normalized spacial score (nSPS) is 11.8. The van der Waals surface area contributed by atoms with Gasteiger partial charge >= 0.3 is 0 Å². The quantitative estimate of drug-likeness (QED) is 0.652. The van der Waals surface area contributed by atoms with Crippen molar-refractivity contribution in [1.82, 2.24) is 0 Å². The number of thiophene rings is 1. The first-order valence-electron chi connectivity index (χ1n) is 4.64. The molecule has 0 radical (unpaired) electrons. The molecule has 3 N–H and O–H groups in total. The molecule has 17 heavy (non-hydrogen) atoms. The Balaban J connectivity index is 2.39. The number of halogens is 2. The summed E-state index contributed by atoms with van der Waals surface area (Å²) in [5.74, 6) is 0.236. The Morgan fingerprint density at radius 3 is 2.47 bits per heavy atom. The van der Waals surface area contributed by atoms with Gasteiger partial charge in [0.25, 0.3) is 0 Å². The summed E-state index contributed by atoms with van der Waals surface area (Å²) in [6, 6.07) is 6.76. The minimum Gasteiger partial charge on any atom is -0.505 e. The fourth-order valence-electron chi connectivity index (χ4n) is 1.24. The van der Waals surface area contributed by atoms with Crippen molar-refractivity contribution < 1.29 is 5.11 Å². The van der Waals surface area contributed by atoms with Crippen molar-refractivity contribution in [2.45, 2.75) is 0 Å². The summed E-state index contributed by atoms with van der Waals surface area (Å²) in [5.41, 5.74) is 6.32. The summed E-state index contributed by atoms with van der Waals surface area (Å²) in [6.45, 7) is 0. The number of benzene rings is 1. The first-order chi connectivity index (χ1) is 8.08. The number of aromatic hydroxyl groups is 1. The summed E-state index contributed by atoms with van der Waals surface area (Å²) < 4.78 is 0. The monoisotopic (exact) mass is 286 g/mol. The molecule has 0 saturated heterocycles. The van der Waals surface area contributed by atoms with Gasteiger partial charge < -0.3 is 10.8 Å². The number of phenolic OH excluding ortho intramolecular Hbond substituents is 1. The molecule has 2 aromatic rings. The summed E-state index contributed by atoms with van der Waals surface area (Å²) in [6.07, 6.45) is 0. The lowest BCUT2D eigenvalue weighted by Crippen LogP contribution is -2.10. The molecule has 0 saturated carbocycles. The molecule has 1 heterocycles. The van der Waals surface area contributed by atoms with Crippen LogP contribution in [0.3, 0.4) is 0 Å². The van der Waals surface area contributed by atoms with E-state index in [1.807, 2.05) is 17.5 Å². The molecule has 0 spiro atoms. The lowest BCUT2D eigenvalue weighted by Gasteiger charge is -2.02. The van der Waals surface area contributed by atoms with E-state index in [9.17, 15) is 5.11 Å². The maximum atomic E-state index is 9.41. The van der Waals surface area contributed by atoms with E-state index in [-0.39, 0.29) is 15.8 Å². The maximum Gasteiger partial charge on any atom is 0.152 e. The molecule has 2 rings (SSSR count). The van der Waals surface area contributed by atoms with E-state index in [0.29, 0.717) is 11.5 Å². The second-order valence-electron chi connectivity index (χ2n) is 3.23. The van der Waals surface area contributed by atoms with Crippen molar-refractivity contribution in [2.24, 2.45) is 10.7 Å². The zero-order chi connectivity index (χ0) is 12.4. The third kappa shape index (κ3) is 2.72. The molecular weight excluding hydrogens is 279 g/mol. The van der Waals surface area contributed by atoms with Crippen molar-refractivity contribution in [2.75, 3.05) is 0 Å². The zero-order valence-electron chi connectivity index (χ0n) is 8.52. The van der Waals surface area contributed by atoms with Crippen LogP contribution in [-0.2, 0) is 0 Å². The summed E-state index contributed by atoms with van der Waals surface area (Å²) >= 11 is 13.1. The first-order valence-corrected chi connectivity index (χ1v) is 6.27. The van der Waals surface area contributed by atoms with E-state index >= 15 is 0 Å². The van der Waals surface area contributed by atoms with Crippen molar-refractivity contribution in [1.29, 1.82) is 0 Å². The molecule has 3 nitrogen and oxygen atoms in total. The standard InChI is InChI=1S/C11H8Cl2N2OS/c12-7-4-6(5-8(13)10(7)16)15-11(14)9-2-1-3-17-9/h1-5,16H,(H2,14,15). The molecule has 0 amide bonds. The van der Waals surface area contributed by atoms with Gasteiger partial charge in [-0.15, -0.1) is 11.3 Å². The Bertz CT molecular complexity index is 544. The number of aliphatic imine (C=N–C) groups is 1. The third-order valence-electron chi connectivity index (χ3n) is 2.02. The average Bonchev–Trinajstić information content (AvgIpc) is 2.79. The maximum absolute atomic E-state index is 9.41. The number of nitrogens with zero attached hydrogens (tertiary/aromatic N) is 1. The lowest BCUT2D eigenvalue weighted by molar-refractivity contribution is 0.476. The van der Waals surface area contributed by atoms with Crippen LogP contribution in [0, 0.1) is 0 Å². The number of phenols is 1. The van der Waals surface area contributed by atoms with Gasteiger partial charge in [0.05, 0.1) is 20.6 Å². The summed E-state index contributed by atoms with van der Waals surface area (Å²) in [5, 5.41) is 11.6. The van der Waals surface area contributed by atoms with Crippen molar-refractivity contribution in [3.8, 4) is 5.75 Å². The van der Waals surface area contributed by atoms with Crippen LogP contribution in [0.4, 0.5) is 5.69 Å². The molecular formula is C11H8Cl2N2OS. The highest BCUT2D eigenvalue weighted by Gasteiger charge is 2.07. The highest BCUT2D eigenvalue weighted by atomic mass is 35.5. The molecule has 88 valence electrons. The van der Waals surface area contributed by atoms with Crippen LogP contribution >= 0.6 is 34.5 Å². The lowest BCUT2D eigenvalue weighted by atomic mass is 10.3. The Morgan fingerprint density at radius 2 is 1.94 bits per heavy atom. The number of hydrogen-bond acceptors (Lipinski definition) is 3. The number of amidine groups is 1. The van der Waals surface area contributed by atoms with Crippen LogP contribution in [0.25, 0.3) is 0 Å². The van der Waals surface area contributed by atoms with Gasteiger partial charge in [0, 0.05) is 0 Å². The van der Waals surface area contributed by atoms with Crippen LogP contribution in [0.5, 0.6) is 5.75 Å². The predicted octanol–water partition coefficient (Wildman–Crippen LogP) is 3.80. The van der Waals surface area contributed by atoms with Crippen LogP contribution < -0.4 is 5.73 Å². The smallest absolute Gasteiger partial charge is 0.152 e. The van der Waals surface area contributed by atoms with E-state index in [4.69, 9.17) is 28.9 Å². The Morgan fingerprint density at radius 1 is 1.29 bits per heavy atom. The summed E-state index contributed by atoms with van der Waals surface area (Å²) in [4.78, 5) is 5.06. The van der Waals surface area contributed by atoms with Gasteiger partial charge in [-0.3, -0.25) is 0 Å². The van der Waals surface area contributed by atoms with Crippen LogP contribution in [0.15, 0.2) is 34.6 Å². The number of nitrogens with two attached hydrogens (primary N) is 1. The van der Waals surface area contributed by atoms with Gasteiger partial charge in [-0.1, -0.05) is 29.3 Å². The van der Waals surface area contributed by atoms with E-state index in [1.54, 1.807) is 0 Å². The van der Waals surface area contributed by atoms with Crippen LogP contribution in [0.1, 0.15) is 4.88 Å². The SMILES string of the molecule is NC(=Nc1cc(Cl)c(O)c(Cl)c1)c1cccs1. The molecule has 0 atom stereocenters. The zero-order valence-corrected chi connectivity index (χ0v) is 10.9. The molecule has 1 aromatic carbocycles. The molecule has 1 aromatic heterocycles. The first kappa shape index (κ1) is 12.2. The number of rotatable bonds is 2. The van der Waals surface area contributed by atoms with E-state index in [2.05, 4.69) is 4.99 Å². The molecule has 0 aliphatic carbocycles. The van der Waals surface area contributed by atoms with Gasteiger partial charge in [0.1, 0.15) is 5.84 Å².